The maximum atomic E-state index is 11.2. The third-order valence-corrected chi connectivity index (χ3v) is 3.79. The number of carbonyl (C=O) groups is 1. The normalized spacial score (nSPS) is 14.1. The third kappa shape index (κ3) is 3.56. The van der Waals surface area contributed by atoms with Crippen molar-refractivity contribution in [2.24, 2.45) is 0 Å². The van der Waals surface area contributed by atoms with E-state index in [2.05, 4.69) is 0 Å². The lowest BCUT2D eigenvalue weighted by molar-refractivity contribution is -0.518. The first-order valence-corrected chi connectivity index (χ1v) is 6.17. The van der Waals surface area contributed by atoms with Gasteiger partial charge in [0.25, 0.3) is 0 Å². The number of benzene rings is 1. The van der Waals surface area contributed by atoms with Gasteiger partial charge in [-0.1, -0.05) is 36.0 Å². The van der Waals surface area contributed by atoms with E-state index in [4.69, 9.17) is 0 Å². The molecule has 2 atom stereocenters. The van der Waals surface area contributed by atoms with Crippen LogP contribution in [0.4, 0.5) is 0 Å². The average molecular weight is 253 g/mol. The minimum atomic E-state index is -0.787. The first-order chi connectivity index (χ1) is 7.93. The Morgan fingerprint density at radius 3 is 2.47 bits per heavy atom. The quantitative estimate of drug-likeness (QED) is 0.611. The fraction of sp³-hybridized carbons (Fsp3) is 0.417. The molecule has 0 aliphatic rings. The molecule has 0 heterocycles. The van der Waals surface area contributed by atoms with Gasteiger partial charge in [0, 0.05) is 18.8 Å². The van der Waals surface area contributed by atoms with Crippen LogP contribution in [-0.2, 0) is 4.79 Å². The lowest BCUT2D eigenvalue weighted by Gasteiger charge is -2.18. The molecule has 0 N–H and O–H groups in total. The molecule has 1 aromatic rings. The Morgan fingerprint density at radius 1 is 1.41 bits per heavy atom. The van der Waals surface area contributed by atoms with Crippen LogP contribution in [0.5, 0.6) is 0 Å². The van der Waals surface area contributed by atoms with Gasteiger partial charge in [-0.25, -0.2) is 0 Å². The maximum absolute atomic E-state index is 11.2. The molecule has 0 saturated heterocycles. The minimum absolute atomic E-state index is 0.105. The maximum Gasteiger partial charge on any atom is 0.226 e. The van der Waals surface area contributed by atoms with Crippen molar-refractivity contribution in [1.29, 1.82) is 0 Å². The van der Waals surface area contributed by atoms with E-state index in [0.29, 0.717) is 0 Å². The molecule has 0 spiro atoms. The summed E-state index contributed by atoms with van der Waals surface area (Å²) in [5, 5.41) is 10.4. The number of hydrogen-bond donors (Lipinski definition) is 0. The van der Waals surface area contributed by atoms with Gasteiger partial charge in [-0.3, -0.25) is 14.9 Å². The van der Waals surface area contributed by atoms with Crippen molar-refractivity contribution in [3.63, 3.8) is 0 Å². The minimum Gasteiger partial charge on any atom is -0.288 e. The smallest absolute Gasteiger partial charge is 0.226 e. The predicted octanol–water partition coefficient (Wildman–Crippen LogP) is 2.98. The fourth-order valence-electron chi connectivity index (χ4n) is 1.62. The van der Waals surface area contributed by atoms with Crippen LogP contribution in [0.15, 0.2) is 24.3 Å². The van der Waals surface area contributed by atoms with E-state index in [-0.39, 0.29) is 10.0 Å². The van der Waals surface area contributed by atoms with Gasteiger partial charge in [0.15, 0.2) is 5.12 Å². The summed E-state index contributed by atoms with van der Waals surface area (Å²) in [5.41, 5.74) is 1.83. The van der Waals surface area contributed by atoms with Crippen molar-refractivity contribution in [3.05, 3.63) is 45.5 Å². The summed E-state index contributed by atoms with van der Waals surface area (Å²) >= 11 is 1.02. The second-order valence-electron chi connectivity index (χ2n) is 3.91. The summed E-state index contributed by atoms with van der Waals surface area (Å²) in [6.07, 6.45) is 0. The Labute approximate surface area is 105 Å². The van der Waals surface area contributed by atoms with E-state index in [1.165, 1.54) is 13.8 Å². The summed E-state index contributed by atoms with van der Waals surface area (Å²) < 4.78 is 0. The highest BCUT2D eigenvalue weighted by molar-refractivity contribution is 8.13. The molecule has 0 aliphatic carbocycles. The first-order valence-electron chi connectivity index (χ1n) is 5.29. The molecule has 0 fully saturated rings. The molecule has 0 radical (unpaired) electrons. The number of nitro groups is 1. The van der Waals surface area contributed by atoms with Crippen LogP contribution in [0.1, 0.15) is 30.2 Å². The highest BCUT2D eigenvalue weighted by Gasteiger charge is 2.30. The topological polar surface area (TPSA) is 60.2 Å². The molecular formula is C12H15NO3S. The van der Waals surface area contributed by atoms with Crippen LogP contribution in [-0.4, -0.2) is 16.1 Å². The van der Waals surface area contributed by atoms with Gasteiger partial charge in [-0.15, -0.1) is 0 Å². The Morgan fingerprint density at radius 2 is 2.00 bits per heavy atom. The predicted molar refractivity (Wildman–Crippen MR) is 68.6 cm³/mol. The summed E-state index contributed by atoms with van der Waals surface area (Å²) in [5.74, 6) is 0. The van der Waals surface area contributed by atoms with Crippen molar-refractivity contribution in [3.8, 4) is 0 Å². The molecule has 1 aromatic carbocycles. The van der Waals surface area contributed by atoms with E-state index in [9.17, 15) is 14.9 Å². The standard InChI is InChI=1S/C12H15NO3S/c1-8-6-4-5-7-11(8)12(17-10(3)14)9(2)13(15)16/h4-7,9,12H,1-3H3/t9-,12-/m1/s1. The van der Waals surface area contributed by atoms with E-state index in [0.717, 1.165) is 22.9 Å². The molecule has 4 nitrogen and oxygen atoms in total. The van der Waals surface area contributed by atoms with Crippen molar-refractivity contribution >= 4 is 16.9 Å². The second kappa shape index (κ2) is 5.82. The monoisotopic (exact) mass is 253 g/mol. The van der Waals surface area contributed by atoms with Gasteiger partial charge >= 0.3 is 0 Å². The highest BCUT2D eigenvalue weighted by Crippen LogP contribution is 2.35. The van der Waals surface area contributed by atoms with E-state index < -0.39 is 11.3 Å². The molecule has 0 aliphatic heterocycles. The number of aryl methyl sites for hydroxylation is 1. The number of thioether (sulfide) groups is 1. The molecule has 92 valence electrons. The van der Waals surface area contributed by atoms with Crippen molar-refractivity contribution in [2.45, 2.75) is 32.1 Å². The Balaban J connectivity index is 3.10. The van der Waals surface area contributed by atoms with Gasteiger partial charge in [-0.05, 0) is 18.1 Å². The van der Waals surface area contributed by atoms with Gasteiger partial charge in [0.05, 0.1) is 0 Å². The molecule has 0 bridgehead atoms. The Kier molecular flexibility index (Phi) is 4.69. The van der Waals surface area contributed by atoms with E-state index in [1.54, 1.807) is 0 Å². The Bertz CT molecular complexity index is 434. The van der Waals surface area contributed by atoms with Crippen LogP contribution in [0.2, 0.25) is 0 Å². The van der Waals surface area contributed by atoms with E-state index in [1.807, 2.05) is 31.2 Å². The zero-order valence-corrected chi connectivity index (χ0v) is 10.9. The number of carbonyl (C=O) groups excluding carboxylic acids is 1. The van der Waals surface area contributed by atoms with Gasteiger partial charge in [0.2, 0.25) is 6.04 Å². The van der Waals surface area contributed by atoms with Gasteiger partial charge < -0.3 is 0 Å². The Hall–Kier alpha value is -1.36. The van der Waals surface area contributed by atoms with Crippen LogP contribution in [0.3, 0.4) is 0 Å². The van der Waals surface area contributed by atoms with Crippen LogP contribution >= 0.6 is 11.8 Å². The molecule has 0 amide bonds. The molecule has 0 aromatic heterocycles. The summed E-state index contributed by atoms with van der Waals surface area (Å²) in [7, 11) is 0. The molecule has 1 rings (SSSR count). The zero-order valence-electron chi connectivity index (χ0n) is 10.0. The molecule has 5 heteroatoms. The van der Waals surface area contributed by atoms with Crippen LogP contribution < -0.4 is 0 Å². The number of hydrogen-bond acceptors (Lipinski definition) is 4. The highest BCUT2D eigenvalue weighted by atomic mass is 32.2. The van der Waals surface area contributed by atoms with Crippen molar-refractivity contribution < 1.29 is 9.72 Å². The van der Waals surface area contributed by atoms with Crippen LogP contribution in [0, 0.1) is 17.0 Å². The summed E-state index contributed by atoms with van der Waals surface area (Å²) in [6, 6.07) is 6.67. The number of rotatable bonds is 4. The van der Waals surface area contributed by atoms with Gasteiger partial charge in [0.1, 0.15) is 5.25 Å². The lowest BCUT2D eigenvalue weighted by atomic mass is 10.0. The lowest BCUT2D eigenvalue weighted by Crippen LogP contribution is -2.23. The summed E-state index contributed by atoms with van der Waals surface area (Å²) in [4.78, 5) is 21.8. The molecule has 0 unspecified atom stereocenters. The zero-order chi connectivity index (χ0) is 13.0. The first kappa shape index (κ1) is 13.7. The van der Waals surface area contributed by atoms with Crippen molar-refractivity contribution in [1.82, 2.24) is 0 Å². The molecule has 0 saturated carbocycles. The van der Waals surface area contributed by atoms with E-state index >= 15 is 0 Å². The average Bonchev–Trinajstić information content (AvgIpc) is 2.25. The molecular weight excluding hydrogens is 238 g/mol. The van der Waals surface area contributed by atoms with Crippen molar-refractivity contribution in [2.75, 3.05) is 0 Å². The third-order valence-electron chi connectivity index (χ3n) is 2.56. The SMILES string of the molecule is CC(=O)S[C@@H](c1ccccc1C)[C@@H](C)[N+](=O)[O-]. The van der Waals surface area contributed by atoms with Gasteiger partial charge in [-0.2, -0.15) is 0 Å². The van der Waals surface area contributed by atoms with Crippen LogP contribution in [0.25, 0.3) is 0 Å². The largest absolute Gasteiger partial charge is 0.288 e. The fourth-order valence-corrected chi connectivity index (χ4v) is 2.66. The summed E-state index contributed by atoms with van der Waals surface area (Å²) in [6.45, 7) is 4.87. The number of nitrogens with zero attached hydrogens (tertiary/aromatic N) is 1. The second-order valence-corrected chi connectivity index (χ2v) is 5.23. The molecule has 17 heavy (non-hydrogen) atoms.